The SMILES string of the molecule is Cc1ccc([C@H](CNC(=O)Cn2cnc3c(cnn3C)c2=O)N(C)C)cc1. The van der Waals surface area contributed by atoms with Crippen LogP contribution in [0.1, 0.15) is 17.2 Å². The van der Waals surface area contributed by atoms with Gasteiger partial charge in [0, 0.05) is 13.6 Å². The number of nitrogens with one attached hydrogen (secondary N) is 1. The summed E-state index contributed by atoms with van der Waals surface area (Å²) in [4.78, 5) is 31.1. The van der Waals surface area contributed by atoms with Crippen LogP contribution in [0.4, 0.5) is 0 Å². The van der Waals surface area contributed by atoms with Crippen molar-refractivity contribution < 1.29 is 4.79 Å². The number of fused-ring (bicyclic) bond motifs is 1. The van der Waals surface area contributed by atoms with Crippen molar-refractivity contribution in [3.05, 3.63) is 58.3 Å². The summed E-state index contributed by atoms with van der Waals surface area (Å²) >= 11 is 0. The molecule has 8 nitrogen and oxygen atoms in total. The van der Waals surface area contributed by atoms with Gasteiger partial charge in [0.1, 0.15) is 18.3 Å². The molecule has 0 unspecified atom stereocenters. The van der Waals surface area contributed by atoms with Gasteiger partial charge in [-0.1, -0.05) is 29.8 Å². The number of aryl methyl sites for hydroxylation is 2. The molecule has 1 aromatic carbocycles. The van der Waals surface area contributed by atoms with Crippen molar-refractivity contribution in [1.29, 1.82) is 0 Å². The molecule has 3 rings (SSSR count). The predicted molar refractivity (Wildman–Crippen MR) is 103 cm³/mol. The molecule has 2 heterocycles. The van der Waals surface area contributed by atoms with Crippen molar-refractivity contribution in [2.24, 2.45) is 7.05 Å². The molecule has 0 spiro atoms. The maximum atomic E-state index is 12.5. The van der Waals surface area contributed by atoms with E-state index in [1.165, 1.54) is 27.3 Å². The number of hydrogen-bond donors (Lipinski definition) is 1. The van der Waals surface area contributed by atoms with Crippen LogP contribution in [-0.2, 0) is 18.4 Å². The van der Waals surface area contributed by atoms with Crippen LogP contribution in [-0.4, -0.2) is 50.8 Å². The third-order valence-corrected chi connectivity index (χ3v) is 4.61. The molecule has 2 aromatic heterocycles. The Morgan fingerprint density at radius 2 is 1.96 bits per heavy atom. The van der Waals surface area contributed by atoms with E-state index in [4.69, 9.17) is 0 Å². The third-order valence-electron chi connectivity index (χ3n) is 4.61. The van der Waals surface area contributed by atoms with Gasteiger partial charge in [0.2, 0.25) is 5.91 Å². The van der Waals surface area contributed by atoms with Gasteiger partial charge >= 0.3 is 0 Å². The van der Waals surface area contributed by atoms with Gasteiger partial charge in [0.15, 0.2) is 5.65 Å². The zero-order chi connectivity index (χ0) is 19.6. The lowest BCUT2D eigenvalue weighted by Crippen LogP contribution is -2.37. The van der Waals surface area contributed by atoms with Gasteiger partial charge < -0.3 is 10.2 Å². The van der Waals surface area contributed by atoms with Gasteiger partial charge in [-0.3, -0.25) is 18.8 Å². The zero-order valence-electron chi connectivity index (χ0n) is 16.0. The maximum Gasteiger partial charge on any atom is 0.264 e. The highest BCUT2D eigenvalue weighted by atomic mass is 16.2. The van der Waals surface area contributed by atoms with E-state index in [2.05, 4.69) is 44.6 Å². The van der Waals surface area contributed by atoms with Crippen molar-refractivity contribution in [2.75, 3.05) is 20.6 Å². The first kappa shape index (κ1) is 18.8. The Morgan fingerprint density at radius 1 is 1.26 bits per heavy atom. The first-order valence-corrected chi connectivity index (χ1v) is 8.73. The second kappa shape index (κ2) is 7.71. The standard InChI is InChI=1S/C19H24N6O2/c1-13-5-7-14(8-6-13)16(23(2)3)10-20-17(26)11-25-12-21-18-15(19(25)27)9-22-24(18)4/h5-9,12,16H,10-11H2,1-4H3,(H,20,26)/t16-/m0/s1. The summed E-state index contributed by atoms with van der Waals surface area (Å²) in [6, 6.07) is 8.29. The molecule has 0 bridgehead atoms. The van der Waals surface area contributed by atoms with Crippen LogP contribution in [0.25, 0.3) is 11.0 Å². The Morgan fingerprint density at radius 3 is 2.63 bits per heavy atom. The Balaban J connectivity index is 1.69. The average molecular weight is 368 g/mol. The predicted octanol–water partition coefficient (Wildman–Crippen LogP) is 0.858. The first-order chi connectivity index (χ1) is 12.9. The van der Waals surface area contributed by atoms with Crippen LogP contribution in [0, 0.1) is 6.92 Å². The molecule has 142 valence electrons. The average Bonchev–Trinajstić information content (AvgIpc) is 3.00. The zero-order valence-corrected chi connectivity index (χ0v) is 16.0. The minimum absolute atomic E-state index is 0.0465. The number of aromatic nitrogens is 4. The molecule has 1 atom stereocenters. The molecular formula is C19H24N6O2. The summed E-state index contributed by atoms with van der Waals surface area (Å²) in [6.07, 6.45) is 2.86. The second-order valence-corrected chi connectivity index (χ2v) is 6.88. The largest absolute Gasteiger partial charge is 0.353 e. The Labute approximate surface area is 157 Å². The smallest absolute Gasteiger partial charge is 0.264 e. The summed E-state index contributed by atoms with van der Waals surface area (Å²) in [5, 5.41) is 7.35. The van der Waals surface area contributed by atoms with Crippen molar-refractivity contribution in [1.82, 2.24) is 29.5 Å². The van der Waals surface area contributed by atoms with Crippen LogP contribution >= 0.6 is 0 Å². The van der Waals surface area contributed by atoms with Gasteiger partial charge in [0.25, 0.3) is 5.56 Å². The molecule has 0 aliphatic rings. The quantitative estimate of drug-likeness (QED) is 0.697. The number of benzene rings is 1. The third kappa shape index (κ3) is 4.06. The molecule has 0 fully saturated rings. The highest BCUT2D eigenvalue weighted by Gasteiger charge is 2.16. The maximum absolute atomic E-state index is 12.5. The molecule has 27 heavy (non-hydrogen) atoms. The number of nitrogens with zero attached hydrogens (tertiary/aromatic N) is 5. The summed E-state index contributed by atoms with van der Waals surface area (Å²) in [5.41, 5.74) is 2.55. The number of hydrogen-bond acceptors (Lipinski definition) is 5. The molecule has 0 radical (unpaired) electrons. The van der Waals surface area contributed by atoms with Crippen LogP contribution < -0.4 is 10.9 Å². The molecule has 1 N–H and O–H groups in total. The number of amides is 1. The van der Waals surface area contributed by atoms with E-state index >= 15 is 0 Å². The summed E-state index contributed by atoms with van der Waals surface area (Å²) in [7, 11) is 5.67. The van der Waals surface area contributed by atoms with Crippen molar-refractivity contribution >= 4 is 16.9 Å². The first-order valence-electron chi connectivity index (χ1n) is 8.73. The van der Waals surface area contributed by atoms with E-state index in [1.54, 1.807) is 7.05 Å². The van der Waals surface area contributed by atoms with E-state index in [9.17, 15) is 9.59 Å². The summed E-state index contributed by atoms with van der Waals surface area (Å²) in [5.74, 6) is -0.235. The lowest BCUT2D eigenvalue weighted by molar-refractivity contribution is -0.121. The van der Waals surface area contributed by atoms with E-state index in [0.29, 0.717) is 17.6 Å². The van der Waals surface area contributed by atoms with Gasteiger partial charge in [0.05, 0.1) is 12.2 Å². The second-order valence-electron chi connectivity index (χ2n) is 6.88. The van der Waals surface area contributed by atoms with Gasteiger partial charge in [-0.25, -0.2) is 4.98 Å². The van der Waals surface area contributed by atoms with Crippen LogP contribution in [0.2, 0.25) is 0 Å². The highest BCUT2D eigenvalue weighted by molar-refractivity contribution is 5.77. The number of likely N-dealkylation sites (N-methyl/N-ethyl adjacent to an activating group) is 1. The van der Waals surface area contributed by atoms with Gasteiger partial charge in [-0.15, -0.1) is 0 Å². The highest BCUT2D eigenvalue weighted by Crippen LogP contribution is 2.17. The molecule has 0 aliphatic heterocycles. The summed E-state index contributed by atoms with van der Waals surface area (Å²) < 4.78 is 2.83. The van der Waals surface area contributed by atoms with Crippen LogP contribution in [0.15, 0.2) is 41.6 Å². The fourth-order valence-electron chi connectivity index (χ4n) is 2.99. The fourth-order valence-corrected chi connectivity index (χ4v) is 2.99. The van der Waals surface area contributed by atoms with Gasteiger partial charge in [-0.05, 0) is 26.6 Å². The molecule has 3 aromatic rings. The minimum Gasteiger partial charge on any atom is -0.353 e. The number of carbonyl (C=O) groups is 1. The number of rotatable bonds is 6. The van der Waals surface area contributed by atoms with Crippen molar-refractivity contribution in [3.8, 4) is 0 Å². The monoisotopic (exact) mass is 368 g/mol. The van der Waals surface area contributed by atoms with E-state index < -0.39 is 0 Å². The number of carbonyl (C=O) groups excluding carboxylic acids is 1. The van der Waals surface area contributed by atoms with Crippen LogP contribution in [0.5, 0.6) is 0 Å². The molecule has 0 saturated heterocycles. The van der Waals surface area contributed by atoms with Crippen molar-refractivity contribution in [3.63, 3.8) is 0 Å². The molecule has 0 saturated carbocycles. The summed E-state index contributed by atoms with van der Waals surface area (Å²) in [6.45, 7) is 2.41. The van der Waals surface area contributed by atoms with E-state index in [-0.39, 0.29) is 24.1 Å². The lowest BCUT2D eigenvalue weighted by Gasteiger charge is -2.25. The van der Waals surface area contributed by atoms with Crippen LogP contribution in [0.3, 0.4) is 0 Å². The van der Waals surface area contributed by atoms with E-state index in [0.717, 1.165) is 5.56 Å². The molecule has 0 aliphatic carbocycles. The molecule has 8 heteroatoms. The molecule has 1 amide bonds. The Bertz CT molecular complexity index is 1000. The topological polar surface area (TPSA) is 85.0 Å². The Hall–Kier alpha value is -3.00. The lowest BCUT2D eigenvalue weighted by atomic mass is 10.0. The minimum atomic E-state index is -0.272. The van der Waals surface area contributed by atoms with Crippen molar-refractivity contribution in [2.45, 2.75) is 19.5 Å². The molecular weight excluding hydrogens is 344 g/mol. The normalized spacial score (nSPS) is 12.5. The van der Waals surface area contributed by atoms with E-state index in [1.807, 2.05) is 21.0 Å². The van der Waals surface area contributed by atoms with Gasteiger partial charge in [-0.2, -0.15) is 5.10 Å². The fraction of sp³-hybridized carbons (Fsp3) is 0.368. The Kier molecular flexibility index (Phi) is 5.36.